The maximum absolute atomic E-state index is 13.1. The van der Waals surface area contributed by atoms with E-state index in [0.717, 1.165) is 31.4 Å². The lowest BCUT2D eigenvalue weighted by atomic mass is 9.96. The lowest BCUT2D eigenvalue weighted by Crippen LogP contribution is -2.38. The molecule has 5 nitrogen and oxygen atoms in total. The topological polar surface area (TPSA) is 49.9 Å². The molecule has 2 atom stereocenters. The number of hydrogen-bond acceptors (Lipinski definition) is 4. The molecule has 2 aromatic rings. The number of nitrogens with zero attached hydrogens (tertiary/aromatic N) is 2. The van der Waals surface area contributed by atoms with Crippen LogP contribution < -0.4 is 0 Å². The van der Waals surface area contributed by atoms with E-state index in [9.17, 15) is 9.59 Å². The third-order valence-electron chi connectivity index (χ3n) is 6.42. The highest BCUT2D eigenvalue weighted by atomic mass is 32.1. The molecule has 166 valence electrons. The minimum absolute atomic E-state index is 0.152. The van der Waals surface area contributed by atoms with Gasteiger partial charge in [-0.15, -0.1) is 11.3 Å². The number of carbonyl (C=O) groups is 2. The highest BCUT2D eigenvalue weighted by Crippen LogP contribution is 2.26. The van der Waals surface area contributed by atoms with Crippen LogP contribution in [-0.4, -0.2) is 60.5 Å². The number of rotatable bonds is 7. The van der Waals surface area contributed by atoms with E-state index in [1.807, 2.05) is 16.7 Å². The second kappa shape index (κ2) is 10.4. The molecule has 1 aromatic heterocycles. The van der Waals surface area contributed by atoms with Crippen molar-refractivity contribution < 1.29 is 14.3 Å². The van der Waals surface area contributed by atoms with Gasteiger partial charge in [0, 0.05) is 44.1 Å². The van der Waals surface area contributed by atoms with Crippen LogP contribution in [0.15, 0.2) is 41.8 Å². The van der Waals surface area contributed by atoms with E-state index in [2.05, 4.69) is 41.8 Å². The van der Waals surface area contributed by atoms with E-state index in [1.54, 1.807) is 11.3 Å². The molecule has 2 aliphatic heterocycles. The van der Waals surface area contributed by atoms with Gasteiger partial charge in [-0.2, -0.15) is 0 Å². The standard InChI is InChI=1S/C25H32N2O3S/c1-2-26-13-14-27(24(28)12-11-22-5-3-15-30-22)18-21(25(26)29)17-19-7-9-20(10-8-19)23-6-4-16-31-23/h4,6-10,16,21-22H,2-3,5,11-15,17-18H2,1H3/t21-,22-/m1/s1. The summed E-state index contributed by atoms with van der Waals surface area (Å²) in [5.41, 5.74) is 2.34. The van der Waals surface area contributed by atoms with E-state index in [1.165, 1.54) is 10.4 Å². The molecule has 3 heterocycles. The van der Waals surface area contributed by atoms with Crippen LogP contribution in [-0.2, 0) is 20.7 Å². The van der Waals surface area contributed by atoms with Crippen molar-refractivity contribution in [2.24, 2.45) is 5.92 Å². The molecular formula is C25H32N2O3S. The van der Waals surface area contributed by atoms with Crippen LogP contribution in [0, 0.1) is 5.92 Å². The second-order valence-electron chi connectivity index (χ2n) is 8.51. The zero-order valence-electron chi connectivity index (χ0n) is 18.3. The third-order valence-corrected chi connectivity index (χ3v) is 7.34. The van der Waals surface area contributed by atoms with Gasteiger partial charge >= 0.3 is 0 Å². The predicted octanol–water partition coefficient (Wildman–Crippen LogP) is 4.22. The first kappa shape index (κ1) is 22.0. The van der Waals surface area contributed by atoms with Crippen LogP contribution in [0.2, 0.25) is 0 Å². The summed E-state index contributed by atoms with van der Waals surface area (Å²) in [4.78, 5) is 31.1. The Morgan fingerprint density at radius 2 is 2.03 bits per heavy atom. The Morgan fingerprint density at radius 1 is 1.19 bits per heavy atom. The first-order valence-corrected chi connectivity index (χ1v) is 12.3. The maximum Gasteiger partial charge on any atom is 0.227 e. The number of carbonyl (C=O) groups excluding carboxylic acids is 2. The molecular weight excluding hydrogens is 408 g/mol. The lowest BCUT2D eigenvalue weighted by Gasteiger charge is -2.24. The summed E-state index contributed by atoms with van der Waals surface area (Å²) in [6, 6.07) is 12.7. The van der Waals surface area contributed by atoms with Crippen molar-refractivity contribution in [3.63, 3.8) is 0 Å². The van der Waals surface area contributed by atoms with E-state index in [4.69, 9.17) is 4.74 Å². The van der Waals surface area contributed by atoms with E-state index < -0.39 is 0 Å². The average molecular weight is 441 g/mol. The van der Waals surface area contributed by atoms with Crippen LogP contribution >= 0.6 is 11.3 Å². The van der Waals surface area contributed by atoms with Crippen molar-refractivity contribution in [1.82, 2.24) is 9.80 Å². The SMILES string of the molecule is CCN1CCN(C(=O)CC[C@H]2CCCO2)C[C@@H](Cc2ccc(-c3cccs3)cc2)C1=O. The van der Waals surface area contributed by atoms with Crippen molar-refractivity contribution in [3.8, 4) is 10.4 Å². The third kappa shape index (κ3) is 5.55. The molecule has 6 heteroatoms. The van der Waals surface area contributed by atoms with Crippen LogP contribution in [0.25, 0.3) is 10.4 Å². The van der Waals surface area contributed by atoms with Crippen LogP contribution in [0.4, 0.5) is 0 Å². The fourth-order valence-corrected chi connectivity index (χ4v) is 5.32. The minimum atomic E-state index is -0.193. The quantitative estimate of drug-likeness (QED) is 0.648. The number of ether oxygens (including phenoxy) is 1. The first-order valence-electron chi connectivity index (χ1n) is 11.4. The first-order chi connectivity index (χ1) is 15.1. The van der Waals surface area contributed by atoms with Crippen molar-refractivity contribution in [3.05, 3.63) is 47.3 Å². The molecule has 0 radical (unpaired) electrons. The number of likely N-dealkylation sites (N-methyl/N-ethyl adjacent to an activating group) is 1. The molecule has 4 rings (SSSR count). The van der Waals surface area contributed by atoms with Crippen molar-refractivity contribution in [2.45, 2.75) is 45.1 Å². The number of hydrogen-bond donors (Lipinski definition) is 0. The Morgan fingerprint density at radius 3 is 2.71 bits per heavy atom. The van der Waals surface area contributed by atoms with Crippen LogP contribution in [0.5, 0.6) is 0 Å². The van der Waals surface area contributed by atoms with Crippen LogP contribution in [0.1, 0.15) is 38.2 Å². The molecule has 0 spiro atoms. The van der Waals surface area contributed by atoms with Gasteiger partial charge < -0.3 is 14.5 Å². The van der Waals surface area contributed by atoms with Crippen molar-refractivity contribution in [1.29, 1.82) is 0 Å². The second-order valence-corrected chi connectivity index (χ2v) is 9.45. The molecule has 2 saturated heterocycles. The summed E-state index contributed by atoms with van der Waals surface area (Å²) in [6.45, 7) is 5.26. The van der Waals surface area contributed by atoms with Gasteiger partial charge in [-0.05, 0) is 55.2 Å². The van der Waals surface area contributed by atoms with E-state index in [-0.39, 0.29) is 23.8 Å². The van der Waals surface area contributed by atoms with Gasteiger partial charge in [-0.1, -0.05) is 30.3 Å². The van der Waals surface area contributed by atoms with Gasteiger partial charge in [0.2, 0.25) is 11.8 Å². The maximum atomic E-state index is 13.1. The van der Waals surface area contributed by atoms with Gasteiger partial charge in [0.15, 0.2) is 0 Å². The van der Waals surface area contributed by atoms with Gasteiger partial charge in [0.05, 0.1) is 12.0 Å². The number of amides is 2. The van der Waals surface area contributed by atoms with Gasteiger partial charge in [0.25, 0.3) is 0 Å². The zero-order chi connectivity index (χ0) is 21.6. The summed E-state index contributed by atoms with van der Waals surface area (Å²) in [5.74, 6) is 0.125. The monoisotopic (exact) mass is 440 g/mol. The molecule has 0 aliphatic carbocycles. The Hall–Kier alpha value is -2.18. The largest absolute Gasteiger partial charge is 0.378 e. The lowest BCUT2D eigenvalue weighted by molar-refractivity contribution is -0.135. The summed E-state index contributed by atoms with van der Waals surface area (Å²) in [6.07, 6.45) is 4.33. The molecule has 0 N–H and O–H groups in total. The smallest absolute Gasteiger partial charge is 0.227 e. The van der Waals surface area contributed by atoms with E-state index in [0.29, 0.717) is 39.0 Å². The van der Waals surface area contributed by atoms with Gasteiger partial charge in [-0.25, -0.2) is 0 Å². The predicted molar refractivity (Wildman–Crippen MR) is 124 cm³/mol. The summed E-state index contributed by atoms with van der Waals surface area (Å²) in [7, 11) is 0. The number of thiophene rings is 1. The molecule has 0 bridgehead atoms. The molecule has 2 amide bonds. The van der Waals surface area contributed by atoms with Crippen LogP contribution in [0.3, 0.4) is 0 Å². The molecule has 0 unspecified atom stereocenters. The molecule has 1 aromatic carbocycles. The van der Waals surface area contributed by atoms with E-state index >= 15 is 0 Å². The molecule has 2 fully saturated rings. The molecule has 31 heavy (non-hydrogen) atoms. The zero-order valence-corrected chi connectivity index (χ0v) is 19.1. The normalized spacial score (nSPS) is 22.0. The summed E-state index contributed by atoms with van der Waals surface area (Å²) >= 11 is 1.73. The van der Waals surface area contributed by atoms with Crippen molar-refractivity contribution >= 4 is 23.2 Å². The highest BCUT2D eigenvalue weighted by Gasteiger charge is 2.32. The van der Waals surface area contributed by atoms with Gasteiger partial charge in [0.1, 0.15) is 0 Å². The Bertz CT molecular complexity index is 859. The minimum Gasteiger partial charge on any atom is -0.378 e. The molecule has 2 aliphatic rings. The highest BCUT2D eigenvalue weighted by molar-refractivity contribution is 7.13. The fourth-order valence-electron chi connectivity index (χ4n) is 4.58. The summed E-state index contributed by atoms with van der Waals surface area (Å²) < 4.78 is 5.67. The number of benzene rings is 1. The fraction of sp³-hybridized carbons (Fsp3) is 0.520. The average Bonchev–Trinajstić information content (AvgIpc) is 3.48. The van der Waals surface area contributed by atoms with Crippen molar-refractivity contribution in [2.75, 3.05) is 32.8 Å². The molecule has 0 saturated carbocycles. The summed E-state index contributed by atoms with van der Waals surface area (Å²) in [5, 5.41) is 2.08. The Kier molecular flexibility index (Phi) is 7.41. The Balaban J connectivity index is 1.42. The van der Waals surface area contributed by atoms with Gasteiger partial charge in [-0.3, -0.25) is 9.59 Å². The Labute approximate surface area is 189 Å².